The molecule has 19 heavy (non-hydrogen) atoms. The lowest BCUT2D eigenvalue weighted by molar-refractivity contribution is -0.154. The van der Waals surface area contributed by atoms with E-state index < -0.39 is 12.0 Å². The normalized spacial score (nSPS) is 17.7. The molecular formula is C13H17NO4S. The molecule has 0 radical (unpaired) electrons. The summed E-state index contributed by atoms with van der Waals surface area (Å²) in [6.07, 6.45) is 1.34. The van der Waals surface area contributed by atoms with E-state index in [2.05, 4.69) is 5.32 Å². The first-order chi connectivity index (χ1) is 9.16. The van der Waals surface area contributed by atoms with Gasteiger partial charge in [0, 0.05) is 12.8 Å². The van der Waals surface area contributed by atoms with Crippen molar-refractivity contribution in [2.45, 2.75) is 31.9 Å². The molecule has 1 aliphatic rings. The third-order valence-electron chi connectivity index (χ3n) is 2.90. The van der Waals surface area contributed by atoms with Crippen molar-refractivity contribution < 1.29 is 19.1 Å². The molecule has 0 bridgehead atoms. The van der Waals surface area contributed by atoms with Crippen molar-refractivity contribution in [1.82, 2.24) is 5.32 Å². The molecule has 1 atom stereocenters. The van der Waals surface area contributed by atoms with E-state index in [1.807, 2.05) is 5.38 Å². The van der Waals surface area contributed by atoms with Crippen molar-refractivity contribution in [2.24, 2.45) is 0 Å². The van der Waals surface area contributed by atoms with Crippen LogP contribution in [0.25, 0.3) is 0 Å². The lowest BCUT2D eigenvalue weighted by atomic mass is 10.1. The molecule has 0 spiro atoms. The summed E-state index contributed by atoms with van der Waals surface area (Å²) >= 11 is 1.34. The summed E-state index contributed by atoms with van der Waals surface area (Å²) in [6.45, 7) is 2.87. The summed E-state index contributed by atoms with van der Waals surface area (Å²) in [5.74, 6) is -0.636. The number of hydrogen-bond donors (Lipinski definition) is 1. The summed E-state index contributed by atoms with van der Waals surface area (Å²) in [5.41, 5.74) is 0. The standard InChI is InChI=1S/C13H17NO4S/c1-9(14-12(15)11-3-2-8-19-11)13(16)18-10-4-6-17-7-5-10/h2-3,8-10H,4-7H2,1H3,(H,14,15). The molecule has 0 saturated carbocycles. The number of nitrogens with one attached hydrogen (secondary N) is 1. The van der Waals surface area contributed by atoms with Gasteiger partial charge in [-0.15, -0.1) is 11.3 Å². The van der Waals surface area contributed by atoms with Gasteiger partial charge in [0.2, 0.25) is 0 Å². The maximum atomic E-state index is 11.8. The van der Waals surface area contributed by atoms with Crippen LogP contribution in [0.3, 0.4) is 0 Å². The number of carbonyl (C=O) groups is 2. The predicted molar refractivity (Wildman–Crippen MR) is 71.2 cm³/mol. The predicted octanol–water partition coefficient (Wildman–Crippen LogP) is 1.59. The van der Waals surface area contributed by atoms with Gasteiger partial charge >= 0.3 is 5.97 Å². The molecule has 1 N–H and O–H groups in total. The van der Waals surface area contributed by atoms with Gasteiger partial charge < -0.3 is 14.8 Å². The molecule has 1 saturated heterocycles. The van der Waals surface area contributed by atoms with Gasteiger partial charge in [-0.2, -0.15) is 0 Å². The number of rotatable bonds is 4. The smallest absolute Gasteiger partial charge is 0.328 e. The Hall–Kier alpha value is -1.40. The second-order valence-electron chi connectivity index (χ2n) is 4.42. The molecule has 6 heteroatoms. The van der Waals surface area contributed by atoms with Gasteiger partial charge in [0.25, 0.3) is 5.91 Å². The van der Waals surface area contributed by atoms with Gasteiger partial charge in [-0.3, -0.25) is 4.79 Å². The lowest BCUT2D eigenvalue weighted by Crippen LogP contribution is -2.41. The van der Waals surface area contributed by atoms with Crippen molar-refractivity contribution in [3.05, 3.63) is 22.4 Å². The molecule has 1 aromatic heterocycles. The number of esters is 1. The highest BCUT2D eigenvalue weighted by Crippen LogP contribution is 2.12. The minimum atomic E-state index is -0.641. The Balaban J connectivity index is 1.80. The first kappa shape index (κ1) is 14.0. The van der Waals surface area contributed by atoms with Gasteiger partial charge in [-0.25, -0.2) is 4.79 Å². The highest BCUT2D eigenvalue weighted by Gasteiger charge is 2.23. The van der Waals surface area contributed by atoms with Crippen molar-refractivity contribution in [2.75, 3.05) is 13.2 Å². The maximum Gasteiger partial charge on any atom is 0.328 e. The summed E-state index contributed by atoms with van der Waals surface area (Å²) in [7, 11) is 0. The Bertz CT molecular complexity index is 426. The van der Waals surface area contributed by atoms with Gasteiger partial charge in [0.1, 0.15) is 12.1 Å². The molecule has 0 aliphatic carbocycles. The van der Waals surface area contributed by atoms with Gasteiger partial charge in [-0.1, -0.05) is 6.07 Å². The number of hydrogen-bond acceptors (Lipinski definition) is 5. The Labute approximate surface area is 115 Å². The van der Waals surface area contributed by atoms with Gasteiger partial charge in [0.05, 0.1) is 18.1 Å². The molecule has 2 heterocycles. The second-order valence-corrected chi connectivity index (χ2v) is 5.37. The van der Waals surface area contributed by atoms with Crippen molar-refractivity contribution in [3.63, 3.8) is 0 Å². The van der Waals surface area contributed by atoms with Crippen molar-refractivity contribution >= 4 is 23.2 Å². The molecule has 1 aromatic rings. The van der Waals surface area contributed by atoms with Crippen molar-refractivity contribution in [1.29, 1.82) is 0 Å². The topological polar surface area (TPSA) is 64.6 Å². The first-order valence-corrected chi connectivity index (χ1v) is 7.17. The van der Waals surface area contributed by atoms with E-state index in [0.717, 1.165) is 12.8 Å². The number of amides is 1. The van der Waals surface area contributed by atoms with Crippen LogP contribution in [0.15, 0.2) is 17.5 Å². The second kappa shape index (κ2) is 6.68. The summed E-state index contributed by atoms with van der Waals surface area (Å²) in [4.78, 5) is 24.2. The van der Waals surface area contributed by atoms with Crippen LogP contribution in [-0.2, 0) is 14.3 Å². The van der Waals surface area contributed by atoms with Crippen LogP contribution < -0.4 is 5.32 Å². The molecule has 1 unspecified atom stereocenters. The zero-order valence-corrected chi connectivity index (χ0v) is 11.6. The molecule has 0 aromatic carbocycles. The van der Waals surface area contributed by atoms with Crippen molar-refractivity contribution in [3.8, 4) is 0 Å². The van der Waals surface area contributed by atoms with E-state index in [1.54, 1.807) is 19.1 Å². The fraction of sp³-hybridized carbons (Fsp3) is 0.538. The van der Waals surface area contributed by atoms with E-state index in [9.17, 15) is 9.59 Å². The summed E-state index contributed by atoms with van der Waals surface area (Å²) < 4.78 is 10.5. The minimum Gasteiger partial charge on any atom is -0.461 e. The molecular weight excluding hydrogens is 266 g/mol. The quantitative estimate of drug-likeness (QED) is 0.852. The number of ether oxygens (including phenoxy) is 2. The monoisotopic (exact) mass is 283 g/mol. The Morgan fingerprint density at radius 1 is 1.47 bits per heavy atom. The molecule has 1 fully saturated rings. The van der Waals surface area contributed by atoms with Crippen LogP contribution in [0, 0.1) is 0 Å². The van der Waals surface area contributed by atoms with E-state index in [0.29, 0.717) is 18.1 Å². The maximum absolute atomic E-state index is 11.8. The SMILES string of the molecule is CC(NC(=O)c1cccs1)C(=O)OC1CCOCC1. The van der Waals surface area contributed by atoms with Crippen LogP contribution in [0.1, 0.15) is 29.4 Å². The zero-order valence-electron chi connectivity index (χ0n) is 10.8. The fourth-order valence-corrected chi connectivity index (χ4v) is 2.42. The van der Waals surface area contributed by atoms with Crippen LogP contribution >= 0.6 is 11.3 Å². The Morgan fingerprint density at radius 3 is 2.84 bits per heavy atom. The highest BCUT2D eigenvalue weighted by molar-refractivity contribution is 7.12. The third-order valence-corrected chi connectivity index (χ3v) is 3.77. The Morgan fingerprint density at radius 2 is 2.21 bits per heavy atom. The van der Waals surface area contributed by atoms with Crippen LogP contribution in [0.4, 0.5) is 0 Å². The zero-order chi connectivity index (χ0) is 13.7. The van der Waals surface area contributed by atoms with Crippen LogP contribution in [0.2, 0.25) is 0 Å². The third kappa shape index (κ3) is 4.04. The summed E-state index contributed by atoms with van der Waals surface area (Å²) in [6, 6.07) is 2.87. The van der Waals surface area contributed by atoms with Gasteiger partial charge in [0.15, 0.2) is 0 Å². The fourth-order valence-electron chi connectivity index (χ4n) is 1.79. The summed E-state index contributed by atoms with van der Waals surface area (Å²) in [5, 5.41) is 4.46. The number of carbonyl (C=O) groups excluding carboxylic acids is 2. The van der Waals surface area contributed by atoms with Crippen LogP contribution in [-0.4, -0.2) is 37.2 Å². The van der Waals surface area contributed by atoms with E-state index in [4.69, 9.17) is 9.47 Å². The van der Waals surface area contributed by atoms with E-state index in [-0.39, 0.29) is 12.0 Å². The minimum absolute atomic E-state index is 0.0951. The number of thiophene rings is 1. The average Bonchev–Trinajstić information content (AvgIpc) is 2.93. The largest absolute Gasteiger partial charge is 0.461 e. The Kier molecular flexibility index (Phi) is 4.93. The average molecular weight is 283 g/mol. The van der Waals surface area contributed by atoms with Gasteiger partial charge in [-0.05, 0) is 18.4 Å². The molecule has 2 rings (SSSR count). The molecule has 5 nitrogen and oxygen atoms in total. The van der Waals surface area contributed by atoms with E-state index in [1.165, 1.54) is 11.3 Å². The molecule has 1 amide bonds. The lowest BCUT2D eigenvalue weighted by Gasteiger charge is -2.24. The first-order valence-electron chi connectivity index (χ1n) is 6.29. The molecule has 104 valence electrons. The molecule has 1 aliphatic heterocycles. The highest BCUT2D eigenvalue weighted by atomic mass is 32.1. The van der Waals surface area contributed by atoms with Crippen LogP contribution in [0.5, 0.6) is 0 Å². The van der Waals surface area contributed by atoms with E-state index >= 15 is 0 Å².